The van der Waals surface area contributed by atoms with Gasteiger partial charge in [-0.1, -0.05) is 18.2 Å². The van der Waals surface area contributed by atoms with Crippen molar-refractivity contribution in [2.24, 2.45) is 11.5 Å². The molecule has 5 N–H and O–H groups in total. The van der Waals surface area contributed by atoms with Crippen molar-refractivity contribution in [3.8, 4) is 5.75 Å². The van der Waals surface area contributed by atoms with Crippen LogP contribution in [0.25, 0.3) is 0 Å². The third-order valence-electron chi connectivity index (χ3n) is 0.756. The lowest BCUT2D eigenvalue weighted by Gasteiger charge is -1.82. The zero-order chi connectivity index (χ0) is 10.7. The molecule has 0 aromatic heterocycles. The molecule has 0 aliphatic rings. The van der Waals surface area contributed by atoms with E-state index in [9.17, 15) is 0 Å². The molecule has 14 heavy (non-hydrogen) atoms. The maximum absolute atomic E-state index is 9.00. The molecule has 1 atom stereocenters. The van der Waals surface area contributed by atoms with E-state index >= 15 is 0 Å². The molecule has 0 spiro atoms. The van der Waals surface area contributed by atoms with Gasteiger partial charge in [0.15, 0.2) is 0 Å². The predicted octanol–water partition coefficient (Wildman–Crippen LogP) is 0.289. The van der Waals surface area contributed by atoms with Gasteiger partial charge in [0.2, 0.25) is 0 Å². The van der Waals surface area contributed by atoms with Crippen LogP contribution in [-0.2, 0) is 4.79 Å². The molecule has 6 heteroatoms. The molecule has 0 saturated heterocycles. The summed E-state index contributed by atoms with van der Waals surface area (Å²) in [5.41, 5.74) is 8.50. The number of rotatable bonds is 0. The van der Waals surface area contributed by atoms with E-state index < -0.39 is 6.03 Å². The summed E-state index contributed by atoms with van der Waals surface area (Å²) in [6.07, 6.45) is 0. The first kappa shape index (κ1) is 18.2. The van der Waals surface area contributed by atoms with Gasteiger partial charge in [0.25, 0.3) is 0 Å². The minimum Gasteiger partial charge on any atom is -0.508 e. The van der Waals surface area contributed by atoms with E-state index in [1.165, 1.54) is 0 Å². The van der Waals surface area contributed by atoms with Crippen molar-refractivity contribution in [2.75, 3.05) is 0 Å². The number of nitrogens with two attached hydrogens (primary N) is 2. The Balaban J connectivity index is -0.000000152. The van der Waals surface area contributed by atoms with Crippen LogP contribution in [0.3, 0.4) is 0 Å². The highest BCUT2D eigenvalue weighted by atomic mass is 31.0. The van der Waals surface area contributed by atoms with Crippen LogP contribution in [0.15, 0.2) is 30.3 Å². The Labute approximate surface area is 85.7 Å². The van der Waals surface area contributed by atoms with Gasteiger partial charge in [-0.2, -0.15) is 9.90 Å². The van der Waals surface area contributed by atoms with Gasteiger partial charge in [-0.15, -0.1) is 0 Å². The number of phenolic OH excluding ortho intramolecular Hbond substituents is 1. The highest BCUT2D eigenvalue weighted by Crippen LogP contribution is 2.02. The maximum atomic E-state index is 9.00. The lowest BCUT2D eigenvalue weighted by Crippen LogP contribution is -2.18. The second kappa shape index (κ2) is 13.9. The first-order valence-electron chi connectivity index (χ1n) is 3.20. The van der Waals surface area contributed by atoms with Gasteiger partial charge in [0.1, 0.15) is 12.5 Å². The zero-order valence-corrected chi connectivity index (χ0v) is 9.13. The first-order chi connectivity index (χ1) is 6.13. The number of hydrogen-bond donors (Lipinski definition) is 3. The Morgan fingerprint density at radius 1 is 1.14 bits per heavy atom. The summed E-state index contributed by atoms with van der Waals surface area (Å²) in [5.74, 6) is 0.322. The normalized spacial score (nSPS) is 6.29. The fourth-order valence-corrected chi connectivity index (χ4v) is 0.428. The minimum absolute atomic E-state index is 0. The summed E-state index contributed by atoms with van der Waals surface area (Å²) < 4.78 is 0. The molecule has 0 radical (unpaired) electrons. The fraction of sp³-hybridized carbons (Fsp3) is 0. The lowest BCUT2D eigenvalue weighted by atomic mass is 10.3. The number of urea groups is 1. The number of primary amides is 2. The van der Waals surface area contributed by atoms with Gasteiger partial charge in [-0.25, -0.2) is 4.79 Å². The van der Waals surface area contributed by atoms with E-state index in [4.69, 9.17) is 14.7 Å². The van der Waals surface area contributed by atoms with Crippen molar-refractivity contribution in [1.29, 1.82) is 0 Å². The number of carbonyl (C=O) groups excluding carboxylic acids is 2. The average molecular weight is 218 g/mol. The van der Waals surface area contributed by atoms with Gasteiger partial charge in [0, 0.05) is 0 Å². The molecular formula is C8H15N2O3P. The lowest BCUT2D eigenvalue weighted by molar-refractivity contribution is -0.0979. The number of hydrogen-bond acceptors (Lipinski definition) is 3. The molecule has 5 nitrogen and oxygen atoms in total. The molecule has 0 saturated carbocycles. The van der Waals surface area contributed by atoms with E-state index in [2.05, 4.69) is 11.5 Å². The topological polar surface area (TPSA) is 106 Å². The zero-order valence-electron chi connectivity index (χ0n) is 7.72. The second-order valence-corrected chi connectivity index (χ2v) is 1.74. The SMILES string of the molecule is C=O.NC(N)=O.Oc1ccccc1.P. The average Bonchev–Trinajstić information content (AvgIpc) is 2.08. The minimum atomic E-state index is -0.833. The third-order valence-corrected chi connectivity index (χ3v) is 0.756. The van der Waals surface area contributed by atoms with Crippen LogP contribution in [0.1, 0.15) is 0 Å². The number of amides is 2. The molecule has 80 valence electrons. The van der Waals surface area contributed by atoms with E-state index in [-0.39, 0.29) is 9.90 Å². The molecule has 1 aromatic carbocycles. The summed E-state index contributed by atoms with van der Waals surface area (Å²) in [6.45, 7) is 2.00. The summed E-state index contributed by atoms with van der Waals surface area (Å²) in [6, 6.07) is 7.88. The van der Waals surface area contributed by atoms with E-state index in [1.54, 1.807) is 24.3 Å². The first-order valence-corrected chi connectivity index (χ1v) is 3.20. The second-order valence-electron chi connectivity index (χ2n) is 1.74. The number of phenols is 1. The third kappa shape index (κ3) is 22.4. The Morgan fingerprint density at radius 2 is 1.43 bits per heavy atom. The van der Waals surface area contributed by atoms with Gasteiger partial charge >= 0.3 is 6.03 Å². The van der Waals surface area contributed by atoms with Crippen molar-refractivity contribution in [1.82, 2.24) is 0 Å². The van der Waals surface area contributed by atoms with Crippen molar-refractivity contribution in [3.63, 3.8) is 0 Å². The van der Waals surface area contributed by atoms with Gasteiger partial charge in [0.05, 0.1) is 0 Å². The van der Waals surface area contributed by atoms with Gasteiger partial charge < -0.3 is 21.4 Å². The van der Waals surface area contributed by atoms with Crippen LogP contribution in [0.4, 0.5) is 4.79 Å². The van der Waals surface area contributed by atoms with E-state index in [0.717, 1.165) is 0 Å². The molecule has 1 aromatic rings. The van der Waals surface area contributed by atoms with Crippen molar-refractivity contribution in [2.45, 2.75) is 0 Å². The maximum Gasteiger partial charge on any atom is 0.309 e. The van der Waals surface area contributed by atoms with Crippen LogP contribution < -0.4 is 11.5 Å². The monoisotopic (exact) mass is 218 g/mol. The van der Waals surface area contributed by atoms with E-state index in [0.29, 0.717) is 5.75 Å². The van der Waals surface area contributed by atoms with E-state index in [1.807, 2.05) is 12.9 Å². The molecule has 0 bridgehead atoms. The molecule has 0 aliphatic heterocycles. The molecule has 0 aliphatic carbocycles. The predicted molar refractivity (Wildman–Crippen MR) is 60.1 cm³/mol. The molecule has 1 rings (SSSR count). The highest BCUT2D eigenvalue weighted by Gasteiger charge is 1.74. The smallest absolute Gasteiger partial charge is 0.309 e. The summed E-state index contributed by atoms with van der Waals surface area (Å²) in [4.78, 5) is 17.0. The van der Waals surface area contributed by atoms with Crippen LogP contribution >= 0.6 is 9.90 Å². The Kier molecular flexibility index (Phi) is 18.2. The fourth-order valence-electron chi connectivity index (χ4n) is 0.428. The molecular weight excluding hydrogens is 203 g/mol. The Morgan fingerprint density at radius 3 is 1.57 bits per heavy atom. The molecule has 0 fully saturated rings. The molecule has 0 heterocycles. The number of benzene rings is 1. The van der Waals surface area contributed by atoms with Crippen LogP contribution in [0.5, 0.6) is 5.75 Å². The van der Waals surface area contributed by atoms with Crippen LogP contribution in [0.2, 0.25) is 0 Å². The Bertz CT molecular complexity index is 227. The molecule has 2 amide bonds. The molecule has 1 unspecified atom stereocenters. The number of carbonyl (C=O) groups is 2. The standard InChI is InChI=1S/C6H6O.CH4N2O.CH2O.H3P/c7-6-4-2-1-3-5-6;2-1(3)4;1-2;/h1-5,7H;(H4,2,3,4);1H2;1H3. The van der Waals surface area contributed by atoms with Crippen molar-refractivity contribution in [3.05, 3.63) is 30.3 Å². The number of aromatic hydroxyl groups is 1. The van der Waals surface area contributed by atoms with Crippen molar-refractivity contribution < 1.29 is 14.7 Å². The van der Waals surface area contributed by atoms with Crippen molar-refractivity contribution >= 4 is 22.7 Å². The summed E-state index contributed by atoms with van der Waals surface area (Å²) in [7, 11) is 0. The van der Waals surface area contributed by atoms with Crippen LogP contribution in [0, 0.1) is 0 Å². The van der Waals surface area contributed by atoms with Gasteiger partial charge in [-0.3, -0.25) is 0 Å². The van der Waals surface area contributed by atoms with Gasteiger partial charge in [-0.05, 0) is 12.1 Å². The highest BCUT2D eigenvalue weighted by molar-refractivity contribution is 6.92. The summed E-state index contributed by atoms with van der Waals surface area (Å²) >= 11 is 0. The number of para-hydroxylation sites is 1. The van der Waals surface area contributed by atoms with Crippen LogP contribution in [-0.4, -0.2) is 17.9 Å². The Hall–Kier alpha value is -1.61. The largest absolute Gasteiger partial charge is 0.508 e. The quantitative estimate of drug-likeness (QED) is 0.544. The summed E-state index contributed by atoms with van der Waals surface area (Å²) in [5, 5.41) is 8.63.